The summed E-state index contributed by atoms with van der Waals surface area (Å²) in [7, 11) is 1.40. The van der Waals surface area contributed by atoms with Crippen LogP contribution in [0, 0.1) is 28.1 Å². The number of hydrogen-bond acceptors (Lipinski definition) is 6. The molecule has 1 heterocycles. The molecule has 3 saturated carbocycles. The second-order valence-corrected chi connectivity index (χ2v) is 11.5. The zero-order chi connectivity index (χ0) is 23.3. The number of carbonyl (C=O) groups is 3. The topological polar surface area (TPSA) is 113 Å². The summed E-state index contributed by atoms with van der Waals surface area (Å²) in [5.74, 6) is -1.61. The molecule has 2 N–H and O–H groups in total. The molecule has 2 unspecified atom stereocenters. The predicted octanol–water partition coefficient (Wildman–Crippen LogP) is 3.03. The number of ketones is 1. The number of ether oxygens (including phenoxy) is 2. The Kier molecular flexibility index (Phi) is 4.44. The summed E-state index contributed by atoms with van der Waals surface area (Å²) in [6.07, 6.45) is 5.21. The molecule has 0 aromatic carbocycles. The lowest BCUT2D eigenvalue weighted by Gasteiger charge is -2.64. The van der Waals surface area contributed by atoms with E-state index in [1.165, 1.54) is 7.11 Å². The van der Waals surface area contributed by atoms with Crippen LogP contribution in [0.1, 0.15) is 72.1 Å². The summed E-state index contributed by atoms with van der Waals surface area (Å²) >= 11 is 0. The summed E-state index contributed by atoms with van der Waals surface area (Å²) in [6, 6.07) is 0. The van der Waals surface area contributed by atoms with Crippen molar-refractivity contribution in [3.63, 3.8) is 0 Å². The number of methoxy groups -OCH3 is 1. The van der Waals surface area contributed by atoms with E-state index in [9.17, 15) is 24.6 Å². The predicted molar refractivity (Wildman–Crippen MR) is 114 cm³/mol. The number of carboxylic acid groups (broad SMARTS) is 1. The molecule has 5 aliphatic rings. The van der Waals surface area contributed by atoms with Crippen LogP contribution in [0.15, 0.2) is 11.6 Å². The van der Waals surface area contributed by atoms with Crippen molar-refractivity contribution in [2.24, 2.45) is 28.1 Å². The van der Waals surface area contributed by atoms with Crippen molar-refractivity contribution in [3.05, 3.63) is 11.6 Å². The Labute approximate surface area is 188 Å². The fourth-order valence-electron chi connectivity index (χ4n) is 8.98. The molecule has 1 saturated heterocycles. The monoisotopic (exact) mass is 446 g/mol. The van der Waals surface area contributed by atoms with Crippen molar-refractivity contribution in [1.29, 1.82) is 0 Å². The summed E-state index contributed by atoms with van der Waals surface area (Å²) < 4.78 is 11.9. The highest BCUT2D eigenvalue weighted by molar-refractivity contribution is 5.92. The Balaban J connectivity index is 1.65. The van der Waals surface area contributed by atoms with Gasteiger partial charge in [-0.05, 0) is 50.5 Å². The van der Waals surface area contributed by atoms with Crippen molar-refractivity contribution in [2.75, 3.05) is 7.11 Å². The van der Waals surface area contributed by atoms with Gasteiger partial charge in [0, 0.05) is 29.1 Å². The molecule has 0 radical (unpaired) electrons. The third-order valence-electron chi connectivity index (χ3n) is 10.7. The number of esters is 1. The summed E-state index contributed by atoms with van der Waals surface area (Å²) in [5, 5.41) is 21.0. The molecular weight excluding hydrogens is 412 g/mol. The lowest BCUT2D eigenvalue weighted by Crippen LogP contribution is -2.68. The van der Waals surface area contributed by atoms with Crippen molar-refractivity contribution in [2.45, 2.75) is 89.4 Å². The van der Waals surface area contributed by atoms with Gasteiger partial charge >= 0.3 is 11.9 Å². The Morgan fingerprint density at radius 2 is 1.97 bits per heavy atom. The van der Waals surface area contributed by atoms with Crippen LogP contribution in [0.25, 0.3) is 0 Å². The van der Waals surface area contributed by atoms with Crippen molar-refractivity contribution >= 4 is 17.7 Å². The van der Waals surface area contributed by atoms with Gasteiger partial charge in [-0.25, -0.2) is 0 Å². The first-order chi connectivity index (χ1) is 14.9. The Morgan fingerprint density at radius 1 is 1.25 bits per heavy atom. The highest BCUT2D eigenvalue weighted by atomic mass is 16.6. The number of hydrogen-bond donors (Lipinski definition) is 2. The van der Waals surface area contributed by atoms with E-state index in [1.807, 2.05) is 0 Å². The van der Waals surface area contributed by atoms with Gasteiger partial charge in [0.15, 0.2) is 5.78 Å². The summed E-state index contributed by atoms with van der Waals surface area (Å²) in [6.45, 7) is 6.39. The smallest absolute Gasteiger partial charge is 0.309 e. The molecule has 4 aliphatic carbocycles. The molecule has 7 nitrogen and oxygen atoms in total. The molecule has 0 aromatic heterocycles. The average Bonchev–Trinajstić information content (AvgIpc) is 3.40. The molecule has 0 aromatic rings. The second kappa shape index (κ2) is 6.44. The van der Waals surface area contributed by atoms with E-state index in [2.05, 4.69) is 20.8 Å². The first kappa shape index (κ1) is 22.1. The van der Waals surface area contributed by atoms with E-state index >= 15 is 0 Å². The first-order valence-corrected chi connectivity index (χ1v) is 11.8. The minimum absolute atomic E-state index is 0.0207. The van der Waals surface area contributed by atoms with Crippen molar-refractivity contribution in [3.8, 4) is 0 Å². The van der Waals surface area contributed by atoms with Gasteiger partial charge in [-0.1, -0.05) is 26.3 Å². The highest BCUT2D eigenvalue weighted by Gasteiger charge is 2.87. The van der Waals surface area contributed by atoms with Gasteiger partial charge in [0.25, 0.3) is 0 Å². The summed E-state index contributed by atoms with van der Waals surface area (Å²) in [5.41, 5.74) is -2.18. The van der Waals surface area contributed by atoms with E-state index in [0.717, 1.165) is 5.57 Å². The van der Waals surface area contributed by atoms with Gasteiger partial charge in [0.05, 0.1) is 24.7 Å². The van der Waals surface area contributed by atoms with E-state index in [0.29, 0.717) is 38.5 Å². The molecule has 176 valence electrons. The lowest BCUT2D eigenvalue weighted by atomic mass is 9.37. The molecule has 0 amide bonds. The van der Waals surface area contributed by atoms with Gasteiger partial charge in [-0.3, -0.25) is 14.4 Å². The summed E-state index contributed by atoms with van der Waals surface area (Å²) in [4.78, 5) is 36.8. The Hall–Kier alpha value is -1.73. The normalized spacial score (nSPS) is 51.0. The minimum Gasteiger partial charge on any atom is -0.481 e. The first-order valence-electron chi connectivity index (χ1n) is 11.8. The molecule has 0 bridgehead atoms. The minimum atomic E-state index is -1.11. The SMILES string of the molecule is COC(=O)[C@@H]1CC2=CC(=O)CC[C@]2(C)C23OC2C[C@@]2(C)[C@@H](CC[C@@]2(O)CCC(=O)O)[C@]13C. The van der Waals surface area contributed by atoms with Crippen LogP contribution in [-0.4, -0.2) is 52.4 Å². The fraction of sp³-hybridized carbons (Fsp3) is 0.800. The molecular formula is C25H34O7. The van der Waals surface area contributed by atoms with Crippen LogP contribution in [-0.2, 0) is 23.9 Å². The maximum Gasteiger partial charge on any atom is 0.309 e. The maximum atomic E-state index is 13.2. The standard InChI is InChI=1S/C25H34O7/c1-21-8-5-15(26)11-14(21)12-16(20(29)31-4)23(3)17-6-9-24(30,10-7-19(27)28)22(17,2)13-18-25(21,23)32-18/h11,16-18,30H,5-10,12-13H2,1-4H3,(H,27,28)/t16-,17+,18?,21-,22-,23-,24+,25?/m0/s1. The maximum absolute atomic E-state index is 13.2. The van der Waals surface area contributed by atoms with Gasteiger partial charge in [0.2, 0.25) is 0 Å². The molecule has 7 heteroatoms. The quantitative estimate of drug-likeness (QED) is 0.504. The van der Waals surface area contributed by atoms with Crippen molar-refractivity contribution in [1.82, 2.24) is 0 Å². The van der Waals surface area contributed by atoms with Crippen LogP contribution in [0.5, 0.6) is 0 Å². The second-order valence-electron chi connectivity index (χ2n) is 11.5. The molecule has 5 rings (SSSR count). The zero-order valence-corrected chi connectivity index (χ0v) is 19.4. The third kappa shape index (κ3) is 2.32. The van der Waals surface area contributed by atoms with Gasteiger partial charge in [0.1, 0.15) is 5.60 Å². The van der Waals surface area contributed by atoms with E-state index in [-0.39, 0.29) is 42.0 Å². The van der Waals surface area contributed by atoms with Gasteiger partial charge < -0.3 is 19.7 Å². The van der Waals surface area contributed by atoms with E-state index in [4.69, 9.17) is 9.47 Å². The van der Waals surface area contributed by atoms with Crippen LogP contribution in [0.2, 0.25) is 0 Å². The molecule has 1 spiro atoms. The Bertz CT molecular complexity index is 941. The molecule has 8 atom stereocenters. The largest absolute Gasteiger partial charge is 0.481 e. The average molecular weight is 447 g/mol. The number of aliphatic hydroxyl groups is 1. The molecule has 1 aliphatic heterocycles. The van der Waals surface area contributed by atoms with E-state index < -0.39 is 33.9 Å². The van der Waals surface area contributed by atoms with Crippen LogP contribution in [0.4, 0.5) is 0 Å². The Morgan fingerprint density at radius 3 is 2.62 bits per heavy atom. The number of epoxide rings is 1. The van der Waals surface area contributed by atoms with Crippen LogP contribution >= 0.6 is 0 Å². The lowest BCUT2D eigenvalue weighted by molar-refractivity contribution is -0.187. The van der Waals surface area contributed by atoms with Gasteiger partial charge in [-0.15, -0.1) is 0 Å². The molecule has 32 heavy (non-hydrogen) atoms. The number of carbonyl (C=O) groups excluding carboxylic acids is 2. The van der Waals surface area contributed by atoms with Gasteiger partial charge in [-0.2, -0.15) is 0 Å². The number of rotatable bonds is 4. The zero-order valence-electron chi connectivity index (χ0n) is 19.4. The number of aliphatic carboxylic acids is 1. The number of carboxylic acids is 1. The van der Waals surface area contributed by atoms with Crippen molar-refractivity contribution < 1.29 is 34.1 Å². The third-order valence-corrected chi connectivity index (χ3v) is 10.7. The number of fused-ring (bicyclic) bond motifs is 3. The highest BCUT2D eigenvalue weighted by Crippen LogP contribution is 2.82. The van der Waals surface area contributed by atoms with Crippen LogP contribution in [0.3, 0.4) is 0 Å². The van der Waals surface area contributed by atoms with Crippen LogP contribution < -0.4 is 0 Å². The van der Waals surface area contributed by atoms with E-state index in [1.54, 1.807) is 6.08 Å². The molecule has 4 fully saturated rings. The fourth-order valence-corrected chi connectivity index (χ4v) is 8.98.